The van der Waals surface area contributed by atoms with Crippen LogP contribution in [0.25, 0.3) is 10.1 Å². The van der Waals surface area contributed by atoms with Crippen LogP contribution in [0, 0.1) is 0 Å². The van der Waals surface area contributed by atoms with E-state index in [0.717, 1.165) is 21.2 Å². The summed E-state index contributed by atoms with van der Waals surface area (Å²) in [6.07, 6.45) is 0. The van der Waals surface area contributed by atoms with Gasteiger partial charge in [-0.15, -0.1) is 0 Å². The van der Waals surface area contributed by atoms with Gasteiger partial charge in [-0.1, -0.05) is 58.9 Å². The van der Waals surface area contributed by atoms with E-state index in [1.807, 2.05) is 31.2 Å². The van der Waals surface area contributed by atoms with E-state index >= 15 is 0 Å². The molecule has 1 aromatic rings. The Hall–Kier alpha value is -0.820. The molecule has 0 N–H and O–H groups in total. The Morgan fingerprint density at radius 3 is 2.00 bits per heavy atom. The third-order valence-corrected chi connectivity index (χ3v) is 2.11. The molecule has 0 aliphatic carbocycles. The highest BCUT2D eigenvalue weighted by Gasteiger charge is 2.02. The van der Waals surface area contributed by atoms with Gasteiger partial charge < -0.3 is 0 Å². The van der Waals surface area contributed by atoms with E-state index in [-0.39, 0.29) is 0 Å². The summed E-state index contributed by atoms with van der Waals surface area (Å²) in [5, 5.41) is 0. The van der Waals surface area contributed by atoms with E-state index in [0.29, 0.717) is 0 Å². The second kappa shape index (κ2) is 3.72. The fourth-order valence-electron chi connectivity index (χ4n) is 1.09. The molecule has 0 aromatic heterocycles. The van der Waals surface area contributed by atoms with Crippen LogP contribution in [-0.2, 0) is 0 Å². The number of hydrogen-bond acceptors (Lipinski definition) is 0. The quantitative estimate of drug-likeness (QED) is 0.708. The lowest BCUT2D eigenvalue weighted by molar-refractivity contribution is 1.54. The van der Waals surface area contributed by atoms with Crippen molar-refractivity contribution in [2.24, 2.45) is 0 Å². The van der Waals surface area contributed by atoms with Crippen molar-refractivity contribution in [3.8, 4) is 0 Å². The first-order chi connectivity index (χ1) is 5.63. The second-order valence-electron chi connectivity index (χ2n) is 2.73. The minimum atomic E-state index is 0.904. The molecule has 0 heterocycles. The number of hydrogen-bond donors (Lipinski definition) is 0. The molecule has 0 atom stereocenters. The lowest BCUT2D eigenvalue weighted by atomic mass is 10.0. The van der Waals surface area contributed by atoms with Crippen LogP contribution < -0.4 is 0 Å². The molecule has 0 saturated carbocycles. The summed E-state index contributed by atoms with van der Waals surface area (Å²) < 4.78 is 0.904. The van der Waals surface area contributed by atoms with Gasteiger partial charge in [-0.25, -0.2) is 0 Å². The van der Waals surface area contributed by atoms with Gasteiger partial charge in [-0.05, 0) is 18.1 Å². The maximum absolute atomic E-state index is 3.91. The van der Waals surface area contributed by atoms with Gasteiger partial charge in [-0.2, -0.15) is 0 Å². The first kappa shape index (κ1) is 9.27. The second-order valence-corrected chi connectivity index (χ2v) is 3.69. The Kier molecular flexibility index (Phi) is 2.88. The van der Waals surface area contributed by atoms with Gasteiger partial charge in [0.05, 0.1) is 0 Å². The van der Waals surface area contributed by atoms with Crippen LogP contribution in [0.1, 0.15) is 18.1 Å². The van der Waals surface area contributed by atoms with Crippen LogP contribution in [-0.4, -0.2) is 0 Å². The first-order valence-corrected chi connectivity index (χ1v) is 4.52. The predicted octanol–water partition coefficient (Wildman–Crippen LogP) is 4.09. The number of benzene rings is 1. The van der Waals surface area contributed by atoms with Crippen molar-refractivity contribution in [2.75, 3.05) is 0 Å². The number of halogens is 1. The smallest absolute Gasteiger partial charge is 0.0181 e. The van der Waals surface area contributed by atoms with Crippen molar-refractivity contribution < 1.29 is 0 Å². The van der Waals surface area contributed by atoms with Gasteiger partial charge >= 0.3 is 0 Å². The minimum absolute atomic E-state index is 0.904. The summed E-state index contributed by atoms with van der Waals surface area (Å²) in [6, 6.07) is 8.07. The molecule has 0 radical (unpaired) electrons. The summed E-state index contributed by atoms with van der Waals surface area (Å²) in [6.45, 7) is 9.75. The lowest BCUT2D eigenvalue weighted by Crippen LogP contribution is -1.85. The highest BCUT2D eigenvalue weighted by atomic mass is 79.9. The highest BCUT2D eigenvalue weighted by Crippen LogP contribution is 2.26. The van der Waals surface area contributed by atoms with Crippen molar-refractivity contribution in [3.63, 3.8) is 0 Å². The molecule has 0 bridgehead atoms. The predicted molar refractivity (Wildman–Crippen MR) is 59.1 cm³/mol. The van der Waals surface area contributed by atoms with Crippen LogP contribution in [0.2, 0.25) is 0 Å². The lowest BCUT2D eigenvalue weighted by Gasteiger charge is -2.06. The molecule has 0 nitrogen and oxygen atoms in total. The maximum atomic E-state index is 3.91. The molecule has 0 fully saturated rings. The van der Waals surface area contributed by atoms with Crippen molar-refractivity contribution >= 4 is 26.0 Å². The molecule has 0 aliphatic heterocycles. The van der Waals surface area contributed by atoms with Crippen LogP contribution in [0.5, 0.6) is 0 Å². The van der Waals surface area contributed by atoms with E-state index in [9.17, 15) is 0 Å². The third-order valence-electron chi connectivity index (χ3n) is 1.68. The summed E-state index contributed by atoms with van der Waals surface area (Å²) in [5.74, 6) is 0. The molecule has 1 rings (SSSR count). The van der Waals surface area contributed by atoms with E-state index in [4.69, 9.17) is 0 Å². The summed E-state index contributed by atoms with van der Waals surface area (Å²) in [7, 11) is 0. The van der Waals surface area contributed by atoms with Gasteiger partial charge in [0.15, 0.2) is 0 Å². The minimum Gasteiger partial charge on any atom is -0.0955 e. The van der Waals surface area contributed by atoms with Crippen molar-refractivity contribution in [2.45, 2.75) is 6.92 Å². The SMILES string of the molecule is C=C(C)c1ccccc1C(=C)Br. The van der Waals surface area contributed by atoms with E-state index in [2.05, 4.69) is 29.1 Å². The zero-order chi connectivity index (χ0) is 9.14. The molecule has 62 valence electrons. The van der Waals surface area contributed by atoms with Crippen molar-refractivity contribution in [1.82, 2.24) is 0 Å². The molecule has 1 heteroatoms. The fraction of sp³-hybridized carbons (Fsp3) is 0.0909. The number of allylic oxidation sites excluding steroid dienone is 1. The zero-order valence-corrected chi connectivity index (χ0v) is 8.69. The molecular weight excluding hydrogens is 212 g/mol. The average molecular weight is 223 g/mol. The Morgan fingerprint density at radius 2 is 1.67 bits per heavy atom. The Morgan fingerprint density at radius 1 is 1.17 bits per heavy atom. The molecule has 12 heavy (non-hydrogen) atoms. The summed E-state index contributed by atoms with van der Waals surface area (Å²) in [5.41, 5.74) is 3.33. The molecule has 0 unspecified atom stereocenters. The zero-order valence-electron chi connectivity index (χ0n) is 7.10. The summed E-state index contributed by atoms with van der Waals surface area (Å²) >= 11 is 3.37. The third kappa shape index (κ3) is 1.86. The largest absolute Gasteiger partial charge is 0.0955 e. The number of rotatable bonds is 2. The molecule has 0 spiro atoms. The van der Waals surface area contributed by atoms with Gasteiger partial charge in [0, 0.05) is 4.48 Å². The standard InChI is InChI=1S/C11H11Br/c1-8(2)10-6-4-5-7-11(10)9(3)12/h4-7H,1,3H2,2H3. The van der Waals surface area contributed by atoms with Crippen LogP contribution >= 0.6 is 15.9 Å². The van der Waals surface area contributed by atoms with Crippen LogP contribution in [0.15, 0.2) is 37.4 Å². The van der Waals surface area contributed by atoms with E-state index in [1.54, 1.807) is 0 Å². The highest BCUT2D eigenvalue weighted by molar-refractivity contribution is 9.15. The Bertz CT molecular complexity index is 291. The topological polar surface area (TPSA) is 0 Å². The monoisotopic (exact) mass is 222 g/mol. The fourth-order valence-corrected chi connectivity index (χ4v) is 1.44. The Balaban J connectivity index is 3.27. The molecule has 1 aromatic carbocycles. The van der Waals surface area contributed by atoms with Crippen LogP contribution in [0.3, 0.4) is 0 Å². The Labute approximate surface area is 81.7 Å². The van der Waals surface area contributed by atoms with Crippen molar-refractivity contribution in [3.05, 3.63) is 48.6 Å². The average Bonchev–Trinajstić information content (AvgIpc) is 2.04. The molecule has 0 saturated heterocycles. The van der Waals surface area contributed by atoms with Gasteiger partial charge in [-0.3, -0.25) is 0 Å². The van der Waals surface area contributed by atoms with Gasteiger partial charge in [0.1, 0.15) is 0 Å². The van der Waals surface area contributed by atoms with E-state index in [1.165, 1.54) is 0 Å². The van der Waals surface area contributed by atoms with E-state index < -0.39 is 0 Å². The normalized spacial score (nSPS) is 9.50. The first-order valence-electron chi connectivity index (χ1n) is 3.72. The van der Waals surface area contributed by atoms with Gasteiger partial charge in [0.2, 0.25) is 0 Å². The molecule has 0 aliphatic rings. The van der Waals surface area contributed by atoms with Gasteiger partial charge in [0.25, 0.3) is 0 Å². The van der Waals surface area contributed by atoms with Crippen molar-refractivity contribution in [1.29, 1.82) is 0 Å². The molecular formula is C11H11Br. The van der Waals surface area contributed by atoms with Crippen LogP contribution in [0.4, 0.5) is 0 Å². The summed E-state index contributed by atoms with van der Waals surface area (Å²) in [4.78, 5) is 0. The maximum Gasteiger partial charge on any atom is 0.0181 e. The molecule has 0 amide bonds.